The van der Waals surface area contributed by atoms with Crippen molar-refractivity contribution in [1.82, 2.24) is 5.32 Å². The first kappa shape index (κ1) is 16.4. The normalized spacial score (nSPS) is 11.3. The van der Waals surface area contributed by atoms with E-state index >= 15 is 0 Å². The van der Waals surface area contributed by atoms with Crippen molar-refractivity contribution in [2.45, 2.75) is 18.9 Å². The molecule has 1 rings (SSSR count). The van der Waals surface area contributed by atoms with Crippen LogP contribution in [0.25, 0.3) is 0 Å². The number of nitrogens with one attached hydrogen (secondary N) is 1. The molecule has 7 nitrogen and oxygen atoms in total. The first-order valence-corrected chi connectivity index (χ1v) is 6.19. The summed E-state index contributed by atoms with van der Waals surface area (Å²) in [6.45, 7) is 3.51. The second-order valence-electron chi connectivity index (χ2n) is 4.27. The quantitative estimate of drug-likeness (QED) is 0.354. The van der Waals surface area contributed by atoms with Crippen molar-refractivity contribution >= 4 is 17.6 Å². The summed E-state index contributed by atoms with van der Waals surface area (Å²) in [6, 6.07) is 4.96. The molecule has 112 valence electrons. The number of carbonyl (C=O) groups is 2. The van der Waals surface area contributed by atoms with Gasteiger partial charge in [-0.2, -0.15) is 0 Å². The highest BCUT2D eigenvalue weighted by molar-refractivity contribution is 5.85. The summed E-state index contributed by atoms with van der Waals surface area (Å²) in [4.78, 5) is 33.5. The fourth-order valence-electron chi connectivity index (χ4n) is 1.73. The van der Waals surface area contributed by atoms with Gasteiger partial charge in [0.2, 0.25) is 5.91 Å². The van der Waals surface area contributed by atoms with Crippen LogP contribution in [-0.4, -0.2) is 30.0 Å². The van der Waals surface area contributed by atoms with E-state index in [1.807, 2.05) is 0 Å². The van der Waals surface area contributed by atoms with Crippen LogP contribution in [-0.2, 0) is 20.7 Å². The van der Waals surface area contributed by atoms with Crippen molar-refractivity contribution in [3.8, 4) is 0 Å². The number of hydrogen-bond acceptors (Lipinski definition) is 5. The molecule has 0 radical (unpaired) electrons. The Morgan fingerprint density at radius 1 is 1.52 bits per heavy atom. The zero-order valence-corrected chi connectivity index (χ0v) is 11.6. The van der Waals surface area contributed by atoms with E-state index in [1.54, 1.807) is 6.07 Å². The summed E-state index contributed by atoms with van der Waals surface area (Å²) >= 11 is 0. The Balaban J connectivity index is 2.71. The van der Waals surface area contributed by atoms with Gasteiger partial charge in [0.05, 0.1) is 18.5 Å². The SMILES string of the molecule is C=CC[C@H](NC(=O)Cc1cccc([N+](=O)[O-])c1)C(=O)OC. The summed E-state index contributed by atoms with van der Waals surface area (Å²) in [5.74, 6) is -0.991. The Labute approximate surface area is 121 Å². The van der Waals surface area contributed by atoms with Crippen LogP contribution in [0.5, 0.6) is 0 Å². The highest BCUT2D eigenvalue weighted by Gasteiger charge is 2.20. The molecular weight excluding hydrogens is 276 g/mol. The van der Waals surface area contributed by atoms with E-state index in [2.05, 4.69) is 16.6 Å². The lowest BCUT2D eigenvalue weighted by molar-refractivity contribution is -0.384. The number of nitro groups is 1. The van der Waals surface area contributed by atoms with Gasteiger partial charge >= 0.3 is 5.97 Å². The van der Waals surface area contributed by atoms with Crippen molar-refractivity contribution in [3.63, 3.8) is 0 Å². The maximum atomic E-state index is 11.9. The van der Waals surface area contributed by atoms with Gasteiger partial charge in [-0.1, -0.05) is 18.2 Å². The average molecular weight is 292 g/mol. The van der Waals surface area contributed by atoms with Crippen LogP contribution in [0.15, 0.2) is 36.9 Å². The second kappa shape index (κ2) is 7.78. The van der Waals surface area contributed by atoms with Crippen LogP contribution < -0.4 is 5.32 Å². The summed E-state index contributed by atoms with van der Waals surface area (Å²) in [5.41, 5.74) is 0.403. The first-order chi connectivity index (χ1) is 9.97. The van der Waals surface area contributed by atoms with Gasteiger partial charge in [0, 0.05) is 12.1 Å². The van der Waals surface area contributed by atoms with Crippen LogP contribution in [0.2, 0.25) is 0 Å². The lowest BCUT2D eigenvalue weighted by Gasteiger charge is -2.14. The minimum atomic E-state index is -0.807. The van der Waals surface area contributed by atoms with Gasteiger partial charge in [0.15, 0.2) is 0 Å². The molecule has 0 spiro atoms. The standard InChI is InChI=1S/C14H16N2O5/c1-3-5-12(14(18)21-2)15-13(17)9-10-6-4-7-11(8-10)16(19)20/h3-4,6-8,12H,1,5,9H2,2H3,(H,15,17)/t12-/m0/s1. The lowest BCUT2D eigenvalue weighted by atomic mass is 10.1. The maximum absolute atomic E-state index is 11.9. The van der Waals surface area contributed by atoms with Crippen LogP contribution in [0.4, 0.5) is 5.69 Å². The Bertz CT molecular complexity index is 556. The number of non-ortho nitro benzene ring substituents is 1. The number of ether oxygens (including phenoxy) is 1. The van der Waals surface area contributed by atoms with Crippen LogP contribution >= 0.6 is 0 Å². The topological polar surface area (TPSA) is 98.5 Å². The molecule has 1 amide bonds. The number of amides is 1. The van der Waals surface area contributed by atoms with E-state index in [4.69, 9.17) is 0 Å². The summed E-state index contributed by atoms with van der Waals surface area (Å²) < 4.78 is 4.58. The van der Waals surface area contributed by atoms with E-state index in [-0.39, 0.29) is 18.5 Å². The molecule has 0 unspecified atom stereocenters. The third-order valence-electron chi connectivity index (χ3n) is 2.71. The molecule has 0 saturated carbocycles. The third-order valence-corrected chi connectivity index (χ3v) is 2.71. The molecule has 21 heavy (non-hydrogen) atoms. The van der Waals surface area contributed by atoms with Crippen molar-refractivity contribution in [2.75, 3.05) is 7.11 Å². The molecular formula is C14H16N2O5. The molecule has 7 heteroatoms. The number of hydrogen-bond donors (Lipinski definition) is 1. The van der Waals surface area contributed by atoms with Gasteiger partial charge in [0.1, 0.15) is 6.04 Å². The molecule has 0 aliphatic heterocycles. The molecule has 0 aliphatic rings. The van der Waals surface area contributed by atoms with Crippen molar-refractivity contribution < 1.29 is 19.2 Å². The van der Waals surface area contributed by atoms with Crippen molar-refractivity contribution in [1.29, 1.82) is 0 Å². The largest absolute Gasteiger partial charge is 0.467 e. The summed E-state index contributed by atoms with van der Waals surface area (Å²) in [6.07, 6.45) is 1.68. The highest BCUT2D eigenvalue weighted by atomic mass is 16.6. The predicted octanol–water partition coefficient (Wildman–Crippen LogP) is 1.37. The smallest absolute Gasteiger partial charge is 0.328 e. The van der Waals surface area contributed by atoms with Gasteiger partial charge in [-0.25, -0.2) is 4.79 Å². The predicted molar refractivity (Wildman–Crippen MR) is 75.6 cm³/mol. The number of rotatable bonds is 7. The Kier molecular flexibility index (Phi) is 6.06. The van der Waals surface area contributed by atoms with Gasteiger partial charge < -0.3 is 10.1 Å². The average Bonchev–Trinajstić information content (AvgIpc) is 2.46. The molecule has 1 aromatic carbocycles. The molecule has 1 N–H and O–H groups in total. The van der Waals surface area contributed by atoms with E-state index < -0.39 is 22.8 Å². The third kappa shape index (κ3) is 5.06. The Morgan fingerprint density at radius 3 is 2.81 bits per heavy atom. The fourth-order valence-corrected chi connectivity index (χ4v) is 1.73. The van der Waals surface area contributed by atoms with Crippen molar-refractivity contribution in [2.24, 2.45) is 0 Å². The zero-order valence-electron chi connectivity index (χ0n) is 11.6. The number of methoxy groups -OCH3 is 1. The number of esters is 1. The van der Waals surface area contributed by atoms with Crippen LogP contribution in [0.3, 0.4) is 0 Å². The molecule has 1 aromatic rings. The first-order valence-electron chi connectivity index (χ1n) is 6.19. The van der Waals surface area contributed by atoms with Crippen LogP contribution in [0, 0.1) is 10.1 Å². The minimum absolute atomic E-state index is 0.0632. The molecule has 0 fully saturated rings. The van der Waals surface area contributed by atoms with E-state index in [9.17, 15) is 19.7 Å². The molecule has 0 aromatic heterocycles. The molecule has 0 heterocycles. The molecule has 0 bridgehead atoms. The number of nitro benzene ring substituents is 1. The van der Waals surface area contributed by atoms with Gasteiger partial charge in [-0.15, -0.1) is 6.58 Å². The molecule has 1 atom stereocenters. The molecule has 0 aliphatic carbocycles. The van der Waals surface area contributed by atoms with E-state index in [1.165, 1.54) is 31.4 Å². The Hall–Kier alpha value is -2.70. The van der Waals surface area contributed by atoms with Gasteiger partial charge in [-0.05, 0) is 12.0 Å². The minimum Gasteiger partial charge on any atom is -0.467 e. The van der Waals surface area contributed by atoms with Gasteiger partial charge in [0.25, 0.3) is 5.69 Å². The number of benzene rings is 1. The zero-order chi connectivity index (χ0) is 15.8. The van der Waals surface area contributed by atoms with E-state index in [0.29, 0.717) is 5.56 Å². The second-order valence-corrected chi connectivity index (χ2v) is 4.27. The lowest BCUT2D eigenvalue weighted by Crippen LogP contribution is -2.41. The van der Waals surface area contributed by atoms with E-state index in [0.717, 1.165) is 0 Å². The molecule has 0 saturated heterocycles. The summed E-state index contributed by atoms with van der Waals surface area (Å²) in [5, 5.41) is 13.2. The maximum Gasteiger partial charge on any atom is 0.328 e. The fraction of sp³-hybridized carbons (Fsp3) is 0.286. The highest BCUT2D eigenvalue weighted by Crippen LogP contribution is 2.13. The van der Waals surface area contributed by atoms with Crippen LogP contribution in [0.1, 0.15) is 12.0 Å². The Morgan fingerprint density at radius 2 is 2.24 bits per heavy atom. The number of carbonyl (C=O) groups excluding carboxylic acids is 2. The monoisotopic (exact) mass is 292 g/mol. The number of nitrogens with zero attached hydrogens (tertiary/aromatic N) is 1. The van der Waals surface area contributed by atoms with Gasteiger partial charge in [-0.3, -0.25) is 14.9 Å². The summed E-state index contributed by atoms with van der Waals surface area (Å²) in [7, 11) is 1.23. The van der Waals surface area contributed by atoms with Crippen molar-refractivity contribution in [3.05, 3.63) is 52.6 Å².